The smallest absolute Gasteiger partial charge is 0.225 e. The lowest BCUT2D eigenvalue weighted by atomic mass is 9.91. The Hall–Kier alpha value is -0.570. The minimum absolute atomic E-state index is 0.229. The third-order valence-corrected chi connectivity index (χ3v) is 4.45. The molecular formula is C14H26N2O. The molecule has 0 bridgehead atoms. The van der Waals surface area contributed by atoms with Gasteiger partial charge >= 0.3 is 0 Å². The van der Waals surface area contributed by atoms with Crippen LogP contribution in [0.4, 0.5) is 0 Å². The second kappa shape index (κ2) is 5.85. The fourth-order valence-electron chi connectivity index (χ4n) is 3.35. The van der Waals surface area contributed by atoms with Crippen molar-refractivity contribution in [2.75, 3.05) is 13.1 Å². The average Bonchev–Trinajstić information content (AvgIpc) is 2.76. The van der Waals surface area contributed by atoms with E-state index < -0.39 is 0 Å². The maximum Gasteiger partial charge on any atom is 0.225 e. The van der Waals surface area contributed by atoms with E-state index in [1.165, 1.54) is 25.7 Å². The molecule has 1 saturated heterocycles. The zero-order valence-electron chi connectivity index (χ0n) is 11.0. The van der Waals surface area contributed by atoms with E-state index in [0.29, 0.717) is 5.91 Å². The van der Waals surface area contributed by atoms with Crippen molar-refractivity contribution in [1.29, 1.82) is 0 Å². The number of amides is 1. The number of nitrogens with two attached hydrogens (primary N) is 1. The first-order chi connectivity index (χ1) is 8.20. The molecule has 0 spiro atoms. The van der Waals surface area contributed by atoms with E-state index in [0.717, 1.165) is 38.3 Å². The van der Waals surface area contributed by atoms with Gasteiger partial charge in [-0.05, 0) is 38.0 Å². The molecule has 0 radical (unpaired) electrons. The summed E-state index contributed by atoms with van der Waals surface area (Å²) in [6.07, 6.45) is 7.97. The molecule has 3 nitrogen and oxygen atoms in total. The van der Waals surface area contributed by atoms with Crippen molar-refractivity contribution in [1.82, 2.24) is 4.90 Å². The number of nitrogens with zero attached hydrogens (tertiary/aromatic N) is 1. The Labute approximate surface area is 105 Å². The molecule has 1 aliphatic heterocycles. The summed E-state index contributed by atoms with van der Waals surface area (Å²) >= 11 is 0. The van der Waals surface area contributed by atoms with Crippen LogP contribution in [-0.4, -0.2) is 29.9 Å². The Morgan fingerprint density at radius 1 is 1.24 bits per heavy atom. The quantitative estimate of drug-likeness (QED) is 0.819. The van der Waals surface area contributed by atoms with E-state index in [1.807, 2.05) is 0 Å². The lowest BCUT2D eigenvalue weighted by Crippen LogP contribution is -2.41. The summed E-state index contributed by atoms with van der Waals surface area (Å²) in [7, 11) is 0. The van der Waals surface area contributed by atoms with Gasteiger partial charge in [-0.15, -0.1) is 0 Å². The van der Waals surface area contributed by atoms with Gasteiger partial charge in [-0.25, -0.2) is 0 Å². The monoisotopic (exact) mass is 238 g/mol. The second-order valence-electron chi connectivity index (χ2n) is 5.83. The lowest BCUT2D eigenvalue weighted by Gasteiger charge is -2.33. The fraction of sp³-hybridized carbons (Fsp3) is 0.929. The minimum Gasteiger partial charge on any atom is -0.342 e. The largest absolute Gasteiger partial charge is 0.342 e. The number of likely N-dealkylation sites (tertiary alicyclic amines) is 1. The van der Waals surface area contributed by atoms with Crippen LogP contribution in [0.15, 0.2) is 0 Å². The second-order valence-corrected chi connectivity index (χ2v) is 5.83. The Morgan fingerprint density at radius 2 is 1.94 bits per heavy atom. The van der Waals surface area contributed by atoms with Crippen molar-refractivity contribution in [3.63, 3.8) is 0 Å². The van der Waals surface area contributed by atoms with Crippen LogP contribution >= 0.6 is 0 Å². The van der Waals surface area contributed by atoms with Gasteiger partial charge in [-0.1, -0.05) is 19.8 Å². The SMILES string of the molecule is CCCC1CCN(C(=O)C2CCC(N)C2)CC1. The molecule has 2 aliphatic rings. The maximum atomic E-state index is 12.3. The van der Waals surface area contributed by atoms with Gasteiger partial charge in [0.2, 0.25) is 5.91 Å². The van der Waals surface area contributed by atoms with Gasteiger partial charge in [0, 0.05) is 25.0 Å². The molecule has 3 heteroatoms. The molecule has 2 unspecified atom stereocenters. The summed E-state index contributed by atoms with van der Waals surface area (Å²) in [4.78, 5) is 14.4. The van der Waals surface area contributed by atoms with Crippen LogP contribution in [0, 0.1) is 11.8 Å². The Bertz CT molecular complexity index is 259. The van der Waals surface area contributed by atoms with E-state index in [2.05, 4.69) is 11.8 Å². The zero-order chi connectivity index (χ0) is 12.3. The van der Waals surface area contributed by atoms with Crippen molar-refractivity contribution >= 4 is 5.91 Å². The average molecular weight is 238 g/mol. The molecule has 0 aromatic heterocycles. The number of rotatable bonds is 3. The molecular weight excluding hydrogens is 212 g/mol. The molecule has 1 saturated carbocycles. The topological polar surface area (TPSA) is 46.3 Å². The van der Waals surface area contributed by atoms with Gasteiger partial charge in [-0.3, -0.25) is 4.79 Å². The van der Waals surface area contributed by atoms with Gasteiger partial charge < -0.3 is 10.6 Å². The molecule has 2 N–H and O–H groups in total. The van der Waals surface area contributed by atoms with Gasteiger partial charge in [0.25, 0.3) is 0 Å². The molecule has 1 aliphatic carbocycles. The summed E-state index contributed by atoms with van der Waals surface area (Å²) in [6.45, 7) is 4.21. The number of hydrogen-bond acceptors (Lipinski definition) is 2. The molecule has 2 rings (SSSR count). The summed E-state index contributed by atoms with van der Waals surface area (Å²) in [5.41, 5.74) is 5.88. The normalized spacial score (nSPS) is 30.8. The first kappa shape index (κ1) is 12.9. The predicted octanol–water partition coefficient (Wildman–Crippen LogP) is 2.15. The first-order valence-corrected chi connectivity index (χ1v) is 7.25. The Kier molecular flexibility index (Phi) is 4.43. The molecule has 0 aromatic carbocycles. The number of piperidine rings is 1. The van der Waals surface area contributed by atoms with Crippen molar-refractivity contribution in [3.05, 3.63) is 0 Å². The van der Waals surface area contributed by atoms with E-state index in [1.54, 1.807) is 0 Å². The van der Waals surface area contributed by atoms with Crippen molar-refractivity contribution < 1.29 is 4.79 Å². The van der Waals surface area contributed by atoms with E-state index in [-0.39, 0.29) is 12.0 Å². The van der Waals surface area contributed by atoms with E-state index >= 15 is 0 Å². The van der Waals surface area contributed by atoms with Crippen molar-refractivity contribution in [2.45, 2.75) is 57.9 Å². The number of carbonyl (C=O) groups excluding carboxylic acids is 1. The highest BCUT2D eigenvalue weighted by atomic mass is 16.2. The summed E-state index contributed by atoms with van der Waals surface area (Å²) in [6, 6.07) is 0.265. The molecule has 98 valence electrons. The van der Waals surface area contributed by atoms with E-state index in [4.69, 9.17) is 5.73 Å². The van der Waals surface area contributed by atoms with Gasteiger partial charge in [0.15, 0.2) is 0 Å². The standard InChI is InChI=1S/C14H26N2O/c1-2-3-11-6-8-16(9-7-11)14(17)12-4-5-13(15)10-12/h11-13H,2-10,15H2,1H3. The third-order valence-electron chi connectivity index (χ3n) is 4.45. The van der Waals surface area contributed by atoms with E-state index in [9.17, 15) is 4.79 Å². The van der Waals surface area contributed by atoms with Crippen LogP contribution in [0.1, 0.15) is 51.9 Å². The molecule has 17 heavy (non-hydrogen) atoms. The van der Waals surface area contributed by atoms with Gasteiger partial charge in [-0.2, -0.15) is 0 Å². The van der Waals surface area contributed by atoms with Gasteiger partial charge in [0.1, 0.15) is 0 Å². The summed E-state index contributed by atoms with van der Waals surface area (Å²) in [5.74, 6) is 1.47. The van der Waals surface area contributed by atoms with Crippen molar-refractivity contribution in [2.24, 2.45) is 17.6 Å². The highest BCUT2D eigenvalue weighted by Gasteiger charge is 2.32. The minimum atomic E-state index is 0.229. The summed E-state index contributed by atoms with van der Waals surface area (Å²) in [5, 5.41) is 0. The number of hydrogen-bond donors (Lipinski definition) is 1. The Balaban J connectivity index is 1.78. The summed E-state index contributed by atoms with van der Waals surface area (Å²) < 4.78 is 0. The molecule has 2 fully saturated rings. The van der Waals surface area contributed by atoms with Crippen LogP contribution in [0.5, 0.6) is 0 Å². The molecule has 2 atom stereocenters. The van der Waals surface area contributed by atoms with Crippen LogP contribution in [0.25, 0.3) is 0 Å². The van der Waals surface area contributed by atoms with Crippen LogP contribution < -0.4 is 5.73 Å². The van der Waals surface area contributed by atoms with Crippen LogP contribution in [0.3, 0.4) is 0 Å². The molecule has 1 heterocycles. The number of carbonyl (C=O) groups is 1. The molecule has 0 aromatic rings. The van der Waals surface area contributed by atoms with Crippen LogP contribution in [0.2, 0.25) is 0 Å². The molecule has 1 amide bonds. The van der Waals surface area contributed by atoms with Gasteiger partial charge in [0.05, 0.1) is 0 Å². The fourth-order valence-corrected chi connectivity index (χ4v) is 3.35. The first-order valence-electron chi connectivity index (χ1n) is 7.25. The zero-order valence-corrected chi connectivity index (χ0v) is 11.0. The van der Waals surface area contributed by atoms with Crippen LogP contribution in [-0.2, 0) is 4.79 Å². The predicted molar refractivity (Wildman–Crippen MR) is 69.5 cm³/mol. The maximum absolute atomic E-state index is 12.3. The van der Waals surface area contributed by atoms with Crippen molar-refractivity contribution in [3.8, 4) is 0 Å². The third kappa shape index (κ3) is 3.21. The Morgan fingerprint density at radius 3 is 2.47 bits per heavy atom. The highest BCUT2D eigenvalue weighted by Crippen LogP contribution is 2.28. The lowest BCUT2D eigenvalue weighted by molar-refractivity contribution is -0.136. The highest BCUT2D eigenvalue weighted by molar-refractivity contribution is 5.79.